The van der Waals surface area contributed by atoms with Gasteiger partial charge in [0.25, 0.3) is 0 Å². The van der Waals surface area contributed by atoms with Crippen molar-refractivity contribution in [3.05, 3.63) is 28.2 Å². The zero-order chi connectivity index (χ0) is 14.5. The Balaban J connectivity index is 2.70. The molecule has 0 spiro atoms. The molecule has 108 valence electrons. The van der Waals surface area contributed by atoms with Crippen LogP contribution in [0.5, 0.6) is 0 Å². The van der Waals surface area contributed by atoms with E-state index >= 15 is 0 Å². The second kappa shape index (κ2) is 7.23. The molecule has 0 saturated heterocycles. The summed E-state index contributed by atoms with van der Waals surface area (Å²) in [6.45, 7) is 3.18. The van der Waals surface area contributed by atoms with E-state index in [1.54, 1.807) is 19.2 Å². The first-order valence-corrected chi connectivity index (χ1v) is 8.25. The van der Waals surface area contributed by atoms with Gasteiger partial charge in [-0.05, 0) is 50.7 Å². The highest BCUT2D eigenvalue weighted by molar-refractivity contribution is 9.10. The summed E-state index contributed by atoms with van der Waals surface area (Å²) < 4.78 is 29.0. The highest BCUT2D eigenvalue weighted by Crippen LogP contribution is 2.21. The van der Waals surface area contributed by atoms with E-state index in [-0.39, 0.29) is 0 Å². The van der Waals surface area contributed by atoms with Gasteiger partial charge in [0.1, 0.15) is 0 Å². The van der Waals surface area contributed by atoms with Gasteiger partial charge in [0.05, 0.1) is 5.69 Å². The molecule has 0 fully saturated rings. The lowest BCUT2D eigenvalue weighted by atomic mass is 10.2. The van der Waals surface area contributed by atoms with E-state index in [1.807, 2.05) is 20.0 Å². The van der Waals surface area contributed by atoms with E-state index in [0.29, 0.717) is 12.2 Å². The summed E-state index contributed by atoms with van der Waals surface area (Å²) in [5.41, 5.74) is 1.55. The minimum Gasteiger partial charge on any atom is -0.320 e. The molecule has 5 nitrogen and oxygen atoms in total. The van der Waals surface area contributed by atoms with Crippen molar-refractivity contribution in [1.29, 1.82) is 0 Å². The van der Waals surface area contributed by atoms with Crippen LogP contribution in [0.25, 0.3) is 0 Å². The molecule has 0 unspecified atom stereocenters. The Morgan fingerprint density at radius 3 is 2.63 bits per heavy atom. The summed E-state index contributed by atoms with van der Waals surface area (Å²) >= 11 is 3.39. The van der Waals surface area contributed by atoms with E-state index in [0.717, 1.165) is 23.0 Å². The Kier molecular flexibility index (Phi) is 6.25. The monoisotopic (exact) mass is 349 g/mol. The molecule has 0 aliphatic rings. The van der Waals surface area contributed by atoms with Gasteiger partial charge in [-0.2, -0.15) is 12.7 Å². The molecule has 2 N–H and O–H groups in total. The molecule has 0 radical (unpaired) electrons. The number of hydrogen-bond donors (Lipinski definition) is 2. The van der Waals surface area contributed by atoms with Gasteiger partial charge < -0.3 is 5.32 Å². The molecule has 19 heavy (non-hydrogen) atoms. The zero-order valence-electron chi connectivity index (χ0n) is 11.4. The van der Waals surface area contributed by atoms with Crippen LogP contribution in [0.3, 0.4) is 0 Å². The smallest absolute Gasteiger partial charge is 0.301 e. The van der Waals surface area contributed by atoms with Gasteiger partial charge in [0.2, 0.25) is 0 Å². The van der Waals surface area contributed by atoms with Crippen molar-refractivity contribution in [3.63, 3.8) is 0 Å². The summed E-state index contributed by atoms with van der Waals surface area (Å²) in [7, 11) is -0.0654. The molecule has 0 aliphatic carbocycles. The Morgan fingerprint density at radius 1 is 1.37 bits per heavy atom. The van der Waals surface area contributed by atoms with Gasteiger partial charge in [-0.3, -0.25) is 4.72 Å². The maximum absolute atomic E-state index is 12.1. The quantitative estimate of drug-likeness (QED) is 0.739. The number of hydrogen-bond acceptors (Lipinski definition) is 3. The Morgan fingerprint density at radius 2 is 2.05 bits per heavy atom. The predicted molar refractivity (Wildman–Crippen MR) is 82.6 cm³/mol. The third-order valence-corrected chi connectivity index (χ3v) is 5.10. The molecule has 0 amide bonds. The predicted octanol–water partition coefficient (Wildman–Crippen LogP) is 1.96. The van der Waals surface area contributed by atoms with Crippen molar-refractivity contribution in [3.8, 4) is 0 Å². The molecule has 0 heterocycles. The third-order valence-electron chi connectivity index (χ3n) is 2.71. The molecule has 0 aliphatic heterocycles. The van der Waals surface area contributed by atoms with E-state index < -0.39 is 10.2 Å². The van der Waals surface area contributed by atoms with Crippen LogP contribution in [0.15, 0.2) is 22.7 Å². The lowest BCUT2D eigenvalue weighted by Gasteiger charge is -2.18. The second-order valence-corrected chi connectivity index (χ2v) is 6.98. The van der Waals surface area contributed by atoms with Crippen LogP contribution in [0.1, 0.15) is 12.0 Å². The van der Waals surface area contributed by atoms with Crippen molar-refractivity contribution < 1.29 is 8.42 Å². The van der Waals surface area contributed by atoms with Gasteiger partial charge in [-0.15, -0.1) is 0 Å². The number of nitrogens with zero attached hydrogens (tertiary/aromatic N) is 1. The van der Waals surface area contributed by atoms with Crippen LogP contribution >= 0.6 is 15.9 Å². The molecule has 0 saturated carbocycles. The summed E-state index contributed by atoms with van der Waals surface area (Å²) in [5.74, 6) is 0. The highest BCUT2D eigenvalue weighted by atomic mass is 79.9. The maximum atomic E-state index is 12.1. The number of anilines is 1. The maximum Gasteiger partial charge on any atom is 0.301 e. The Labute approximate surface area is 123 Å². The Bertz CT molecular complexity index is 520. The van der Waals surface area contributed by atoms with Crippen LogP contribution in [-0.2, 0) is 10.2 Å². The van der Waals surface area contributed by atoms with Crippen LogP contribution in [-0.4, -0.2) is 39.9 Å². The van der Waals surface area contributed by atoms with Crippen molar-refractivity contribution in [1.82, 2.24) is 9.62 Å². The summed E-state index contributed by atoms with van der Waals surface area (Å²) in [6.07, 6.45) is 0.771. The molecule has 0 aromatic heterocycles. The molecule has 1 aromatic rings. The SMILES string of the molecule is CNCCCN(C)S(=O)(=O)Nc1ccc(Br)c(C)c1. The first-order valence-electron chi connectivity index (χ1n) is 6.01. The Hall–Kier alpha value is -0.630. The lowest BCUT2D eigenvalue weighted by molar-refractivity contribution is 0.462. The summed E-state index contributed by atoms with van der Waals surface area (Å²) in [6, 6.07) is 5.35. The van der Waals surface area contributed by atoms with Crippen LogP contribution in [0, 0.1) is 6.92 Å². The van der Waals surface area contributed by atoms with Gasteiger partial charge in [-0.1, -0.05) is 15.9 Å². The van der Waals surface area contributed by atoms with Gasteiger partial charge in [-0.25, -0.2) is 0 Å². The molecular weight excluding hydrogens is 330 g/mol. The average Bonchev–Trinajstić information content (AvgIpc) is 2.33. The van der Waals surface area contributed by atoms with Gasteiger partial charge in [0.15, 0.2) is 0 Å². The summed E-state index contributed by atoms with van der Waals surface area (Å²) in [5, 5.41) is 2.99. The zero-order valence-corrected chi connectivity index (χ0v) is 13.8. The standard InChI is InChI=1S/C12H20BrN3O2S/c1-10-9-11(5-6-12(10)13)15-19(17,18)16(3)8-4-7-14-2/h5-6,9,14-15H,4,7-8H2,1-3H3. The second-order valence-electron chi connectivity index (χ2n) is 4.35. The molecule has 0 bridgehead atoms. The van der Waals surface area contributed by atoms with Crippen molar-refractivity contribution in [2.75, 3.05) is 31.9 Å². The topological polar surface area (TPSA) is 61.4 Å². The minimum atomic E-state index is -3.48. The fourth-order valence-electron chi connectivity index (χ4n) is 1.53. The number of benzene rings is 1. The number of halogens is 1. The number of rotatable bonds is 7. The van der Waals surface area contributed by atoms with Crippen LogP contribution in [0.2, 0.25) is 0 Å². The fourth-order valence-corrected chi connectivity index (χ4v) is 2.73. The fraction of sp³-hybridized carbons (Fsp3) is 0.500. The van der Waals surface area contributed by atoms with Gasteiger partial charge in [0, 0.05) is 18.1 Å². The molecule has 7 heteroatoms. The molecule has 0 atom stereocenters. The average molecular weight is 350 g/mol. The minimum absolute atomic E-state index is 0.478. The van der Waals surface area contributed by atoms with E-state index in [4.69, 9.17) is 0 Å². The van der Waals surface area contributed by atoms with E-state index in [9.17, 15) is 8.42 Å². The number of aryl methyl sites for hydroxylation is 1. The van der Waals surface area contributed by atoms with E-state index in [1.165, 1.54) is 4.31 Å². The molecule has 1 rings (SSSR count). The van der Waals surface area contributed by atoms with E-state index in [2.05, 4.69) is 26.0 Å². The van der Waals surface area contributed by atoms with Crippen molar-refractivity contribution in [2.45, 2.75) is 13.3 Å². The van der Waals surface area contributed by atoms with Crippen molar-refractivity contribution >= 4 is 31.8 Å². The van der Waals surface area contributed by atoms with Crippen LogP contribution < -0.4 is 10.0 Å². The van der Waals surface area contributed by atoms with Crippen LogP contribution in [0.4, 0.5) is 5.69 Å². The lowest BCUT2D eigenvalue weighted by Crippen LogP contribution is -2.34. The third kappa shape index (κ3) is 5.10. The summed E-state index contributed by atoms with van der Waals surface area (Å²) in [4.78, 5) is 0. The first kappa shape index (κ1) is 16.4. The normalized spacial score (nSPS) is 11.8. The highest BCUT2D eigenvalue weighted by Gasteiger charge is 2.17. The molecular formula is C12H20BrN3O2S. The molecule has 1 aromatic carbocycles. The largest absolute Gasteiger partial charge is 0.320 e. The van der Waals surface area contributed by atoms with Crippen molar-refractivity contribution in [2.24, 2.45) is 0 Å². The van der Waals surface area contributed by atoms with Gasteiger partial charge >= 0.3 is 10.2 Å². The first-order chi connectivity index (χ1) is 8.86. The number of nitrogens with one attached hydrogen (secondary N) is 2.